The molecular formula is C21H23F3N6O3S. The quantitative estimate of drug-likeness (QED) is 0.440. The fraction of sp³-hybridized carbons (Fsp3) is 0.333. The molecule has 2 N–H and O–H groups in total. The second-order valence-electron chi connectivity index (χ2n) is 7.55. The molecule has 0 atom stereocenters. The van der Waals surface area contributed by atoms with E-state index in [1.165, 1.54) is 6.08 Å². The fourth-order valence-electron chi connectivity index (χ4n) is 3.29. The molecule has 0 aliphatic heterocycles. The number of amides is 1. The minimum atomic E-state index is -4.68. The van der Waals surface area contributed by atoms with Crippen molar-refractivity contribution in [2.45, 2.75) is 38.6 Å². The van der Waals surface area contributed by atoms with Crippen LogP contribution in [0.4, 0.5) is 18.9 Å². The summed E-state index contributed by atoms with van der Waals surface area (Å²) in [5.74, 6) is -1.95. The Hall–Kier alpha value is -3.32. The molecule has 3 aromatic rings. The maximum Gasteiger partial charge on any atom is 0.453 e. The highest BCUT2D eigenvalue weighted by molar-refractivity contribution is 7.88. The van der Waals surface area contributed by atoms with E-state index in [-0.39, 0.29) is 36.8 Å². The molecule has 3 rings (SSSR count). The fourth-order valence-corrected chi connectivity index (χ4v) is 4.40. The lowest BCUT2D eigenvalue weighted by molar-refractivity contribution is -0.144. The Labute approximate surface area is 194 Å². The number of alkyl halides is 3. The Balaban J connectivity index is 1.64. The summed E-state index contributed by atoms with van der Waals surface area (Å²) >= 11 is 0. The van der Waals surface area contributed by atoms with Gasteiger partial charge in [0.2, 0.25) is 15.9 Å². The first-order chi connectivity index (χ1) is 15.9. The van der Waals surface area contributed by atoms with Crippen molar-refractivity contribution in [3.05, 3.63) is 65.3 Å². The monoisotopic (exact) mass is 496 g/mol. The molecule has 9 nitrogen and oxygen atoms in total. The van der Waals surface area contributed by atoms with Crippen LogP contribution in [0.5, 0.6) is 0 Å². The van der Waals surface area contributed by atoms with Crippen molar-refractivity contribution in [1.29, 1.82) is 0 Å². The van der Waals surface area contributed by atoms with Crippen LogP contribution in [0.25, 0.3) is 5.78 Å². The largest absolute Gasteiger partial charge is 0.453 e. The van der Waals surface area contributed by atoms with E-state index >= 15 is 0 Å². The number of aromatic nitrogens is 4. The van der Waals surface area contributed by atoms with Crippen LogP contribution in [0.3, 0.4) is 0 Å². The predicted molar refractivity (Wildman–Crippen MR) is 119 cm³/mol. The van der Waals surface area contributed by atoms with Gasteiger partial charge in [-0.25, -0.2) is 22.6 Å². The summed E-state index contributed by atoms with van der Waals surface area (Å²) in [7, 11) is -3.49. The van der Waals surface area contributed by atoms with Crippen LogP contribution in [0.1, 0.15) is 34.8 Å². The maximum absolute atomic E-state index is 12.9. The van der Waals surface area contributed by atoms with Gasteiger partial charge in [0, 0.05) is 30.0 Å². The van der Waals surface area contributed by atoms with E-state index in [1.807, 2.05) is 0 Å². The number of nitrogens with zero attached hydrogens (tertiary/aromatic N) is 4. The van der Waals surface area contributed by atoms with Crippen LogP contribution in [0.2, 0.25) is 0 Å². The van der Waals surface area contributed by atoms with Gasteiger partial charge in [-0.05, 0) is 43.5 Å². The van der Waals surface area contributed by atoms with Crippen molar-refractivity contribution in [2.75, 3.05) is 11.9 Å². The Morgan fingerprint density at radius 1 is 1.18 bits per heavy atom. The summed E-state index contributed by atoms with van der Waals surface area (Å²) in [5.41, 5.74) is 2.53. The number of fused-ring (bicyclic) bond motifs is 1. The molecule has 0 saturated heterocycles. The number of halogens is 3. The van der Waals surface area contributed by atoms with E-state index in [0.717, 1.165) is 4.52 Å². The van der Waals surface area contributed by atoms with Gasteiger partial charge in [0.1, 0.15) is 0 Å². The number of aryl methyl sites for hydroxylation is 2. The standard InChI is InChI=1S/C21H23F3N6O3S/c1-4-11-25-34(32,33)12-15-5-7-16(8-6-15)27-18(31)10-9-17-13(2)26-20-28-19(21(22,23)24)29-30(20)14(17)3/h4-8,25H,1,9-12H2,2-3H3,(H,27,31). The third-order valence-corrected chi connectivity index (χ3v) is 6.27. The number of sulfonamides is 1. The molecule has 0 aliphatic rings. The zero-order valence-electron chi connectivity index (χ0n) is 18.5. The van der Waals surface area contributed by atoms with Crippen molar-refractivity contribution < 1.29 is 26.4 Å². The number of nitrogens with one attached hydrogen (secondary N) is 2. The molecular weight excluding hydrogens is 473 g/mol. The van der Waals surface area contributed by atoms with E-state index in [0.29, 0.717) is 28.2 Å². The van der Waals surface area contributed by atoms with Crippen molar-refractivity contribution in [1.82, 2.24) is 24.3 Å². The molecule has 2 aromatic heterocycles. The average Bonchev–Trinajstić information content (AvgIpc) is 3.18. The van der Waals surface area contributed by atoms with Gasteiger partial charge < -0.3 is 5.32 Å². The topological polar surface area (TPSA) is 118 Å². The summed E-state index contributed by atoms with van der Waals surface area (Å²) in [6.07, 6.45) is -2.95. The molecule has 182 valence electrons. The first-order valence-electron chi connectivity index (χ1n) is 10.2. The first kappa shape index (κ1) is 25.3. The van der Waals surface area contributed by atoms with E-state index < -0.39 is 22.0 Å². The van der Waals surface area contributed by atoms with E-state index in [4.69, 9.17) is 0 Å². The van der Waals surface area contributed by atoms with E-state index in [2.05, 4.69) is 31.7 Å². The normalized spacial score (nSPS) is 12.1. The third kappa shape index (κ3) is 6.17. The van der Waals surface area contributed by atoms with Gasteiger partial charge >= 0.3 is 6.18 Å². The van der Waals surface area contributed by atoms with Gasteiger partial charge in [-0.3, -0.25) is 4.79 Å². The lowest BCUT2D eigenvalue weighted by Crippen LogP contribution is -2.25. The number of benzene rings is 1. The zero-order chi connectivity index (χ0) is 25.1. The summed E-state index contributed by atoms with van der Waals surface area (Å²) < 4.78 is 66.0. The highest BCUT2D eigenvalue weighted by Gasteiger charge is 2.37. The molecule has 0 bridgehead atoms. The number of carbonyl (C=O) groups is 1. The number of hydrogen-bond donors (Lipinski definition) is 2. The Morgan fingerprint density at radius 3 is 2.47 bits per heavy atom. The average molecular weight is 497 g/mol. The molecule has 1 amide bonds. The lowest BCUT2D eigenvalue weighted by atomic mass is 10.1. The number of rotatable bonds is 9. The smallest absolute Gasteiger partial charge is 0.326 e. The van der Waals surface area contributed by atoms with Gasteiger partial charge in [-0.1, -0.05) is 18.2 Å². The van der Waals surface area contributed by atoms with Crippen molar-refractivity contribution in [2.24, 2.45) is 0 Å². The second-order valence-corrected chi connectivity index (χ2v) is 9.35. The molecule has 2 heterocycles. The van der Waals surface area contributed by atoms with Crippen molar-refractivity contribution in [3.8, 4) is 0 Å². The SMILES string of the molecule is C=CCNS(=O)(=O)Cc1ccc(NC(=O)CCc2c(C)nc3nc(C(F)(F)F)nn3c2C)cc1. The summed E-state index contributed by atoms with van der Waals surface area (Å²) in [4.78, 5) is 19.9. The second kappa shape index (κ2) is 9.89. The van der Waals surface area contributed by atoms with Gasteiger partial charge in [0.15, 0.2) is 0 Å². The summed E-state index contributed by atoms with van der Waals surface area (Å²) in [5, 5.41) is 6.21. The van der Waals surface area contributed by atoms with Crippen LogP contribution in [-0.4, -0.2) is 40.5 Å². The minimum absolute atomic E-state index is 0.0529. The summed E-state index contributed by atoms with van der Waals surface area (Å²) in [6.45, 7) is 6.83. The molecule has 0 aliphatic carbocycles. The van der Waals surface area contributed by atoms with Crippen molar-refractivity contribution in [3.63, 3.8) is 0 Å². The van der Waals surface area contributed by atoms with Gasteiger partial charge in [-0.2, -0.15) is 18.2 Å². The molecule has 0 spiro atoms. The number of carbonyl (C=O) groups excluding carboxylic acids is 1. The van der Waals surface area contributed by atoms with Crippen LogP contribution in [0, 0.1) is 13.8 Å². The lowest BCUT2D eigenvalue weighted by Gasteiger charge is -2.11. The third-order valence-electron chi connectivity index (χ3n) is 4.95. The molecule has 34 heavy (non-hydrogen) atoms. The maximum atomic E-state index is 12.9. The zero-order valence-corrected chi connectivity index (χ0v) is 19.3. The molecule has 13 heteroatoms. The van der Waals surface area contributed by atoms with Crippen LogP contribution < -0.4 is 10.0 Å². The van der Waals surface area contributed by atoms with Crippen LogP contribution >= 0.6 is 0 Å². The molecule has 0 fully saturated rings. The molecule has 0 unspecified atom stereocenters. The highest BCUT2D eigenvalue weighted by Crippen LogP contribution is 2.27. The number of anilines is 1. The Morgan fingerprint density at radius 2 is 1.85 bits per heavy atom. The Bertz CT molecular complexity index is 1320. The van der Waals surface area contributed by atoms with E-state index in [9.17, 15) is 26.4 Å². The van der Waals surface area contributed by atoms with Crippen LogP contribution in [-0.2, 0) is 33.2 Å². The summed E-state index contributed by atoms with van der Waals surface area (Å²) in [6, 6.07) is 6.37. The van der Waals surface area contributed by atoms with Gasteiger partial charge in [0.05, 0.1) is 5.75 Å². The van der Waals surface area contributed by atoms with Crippen molar-refractivity contribution >= 4 is 27.4 Å². The van der Waals surface area contributed by atoms with Gasteiger partial charge in [0.25, 0.3) is 11.6 Å². The van der Waals surface area contributed by atoms with E-state index in [1.54, 1.807) is 38.1 Å². The predicted octanol–water partition coefficient (Wildman–Crippen LogP) is 2.94. The molecule has 0 radical (unpaired) electrons. The highest BCUT2D eigenvalue weighted by atomic mass is 32.2. The number of hydrogen-bond acceptors (Lipinski definition) is 6. The molecule has 0 saturated carbocycles. The molecule has 1 aromatic carbocycles. The Kier molecular flexibility index (Phi) is 7.36. The minimum Gasteiger partial charge on any atom is -0.326 e. The van der Waals surface area contributed by atoms with Crippen LogP contribution in [0.15, 0.2) is 36.9 Å². The first-order valence-corrected chi connectivity index (χ1v) is 11.8. The van der Waals surface area contributed by atoms with Gasteiger partial charge in [-0.15, -0.1) is 11.7 Å².